The van der Waals surface area contributed by atoms with E-state index in [4.69, 9.17) is 5.73 Å². The maximum atomic E-state index is 13.4. The Balaban J connectivity index is 2.12. The third-order valence-corrected chi connectivity index (χ3v) is 3.06. The zero-order valence-corrected chi connectivity index (χ0v) is 10.3. The fraction of sp³-hybridized carbons (Fsp3) is 0.0909. The first kappa shape index (κ1) is 13.2. The van der Waals surface area contributed by atoms with Crippen LogP contribution in [-0.4, -0.2) is 10.9 Å². The van der Waals surface area contributed by atoms with Crippen LogP contribution >= 0.6 is 11.3 Å². The zero-order valence-electron chi connectivity index (χ0n) is 9.50. The summed E-state index contributed by atoms with van der Waals surface area (Å²) in [6.45, 7) is 0.0360. The summed E-state index contributed by atoms with van der Waals surface area (Å²) < 4.78 is 26.3. The standard InChI is InChI=1S/C11H9F2N3O2S/c12-7-2-8(13)9(14)1-6(7)10(17)15-3-5-4-19-11(18)16-5/h1-2,4H,3,14H2,(H,15,17)(H,16,18). The molecule has 0 saturated heterocycles. The minimum absolute atomic E-state index is 0.0360. The molecular weight excluding hydrogens is 276 g/mol. The van der Waals surface area contributed by atoms with Crippen LogP contribution in [0.2, 0.25) is 0 Å². The van der Waals surface area contributed by atoms with Gasteiger partial charge in [-0.3, -0.25) is 9.59 Å². The molecule has 0 aliphatic carbocycles. The molecular formula is C11H9F2N3O2S. The number of benzene rings is 1. The Labute approximate surface area is 110 Å². The lowest BCUT2D eigenvalue weighted by Gasteiger charge is -2.06. The van der Waals surface area contributed by atoms with Crippen LogP contribution in [0.25, 0.3) is 0 Å². The first-order valence-corrected chi connectivity index (χ1v) is 6.04. The lowest BCUT2D eigenvalue weighted by molar-refractivity contribution is 0.0946. The highest BCUT2D eigenvalue weighted by atomic mass is 32.1. The number of nitrogens with one attached hydrogen (secondary N) is 2. The highest BCUT2D eigenvalue weighted by Crippen LogP contribution is 2.16. The number of halogens is 2. The highest BCUT2D eigenvalue weighted by molar-refractivity contribution is 7.07. The molecule has 0 fully saturated rings. The van der Waals surface area contributed by atoms with Gasteiger partial charge in [-0.1, -0.05) is 11.3 Å². The largest absolute Gasteiger partial charge is 0.396 e. The Morgan fingerprint density at radius 2 is 2.11 bits per heavy atom. The Bertz CT molecular complexity index is 681. The molecule has 2 rings (SSSR count). The third-order valence-electron chi connectivity index (χ3n) is 2.34. The Morgan fingerprint density at radius 3 is 2.74 bits per heavy atom. The minimum Gasteiger partial charge on any atom is -0.396 e. The van der Waals surface area contributed by atoms with Gasteiger partial charge in [-0.05, 0) is 6.07 Å². The van der Waals surface area contributed by atoms with Gasteiger partial charge in [0.1, 0.15) is 11.6 Å². The van der Waals surface area contributed by atoms with E-state index in [1.54, 1.807) is 0 Å². The summed E-state index contributed by atoms with van der Waals surface area (Å²) in [5, 5.41) is 3.94. The van der Waals surface area contributed by atoms with Gasteiger partial charge in [-0.15, -0.1) is 0 Å². The molecule has 5 nitrogen and oxygen atoms in total. The van der Waals surface area contributed by atoms with Crippen LogP contribution in [0.15, 0.2) is 22.3 Å². The molecule has 2 aromatic rings. The topological polar surface area (TPSA) is 88.0 Å². The molecule has 19 heavy (non-hydrogen) atoms. The molecule has 1 aromatic heterocycles. The van der Waals surface area contributed by atoms with Gasteiger partial charge >= 0.3 is 4.87 Å². The molecule has 4 N–H and O–H groups in total. The zero-order chi connectivity index (χ0) is 14.0. The van der Waals surface area contributed by atoms with Crippen molar-refractivity contribution in [1.82, 2.24) is 10.3 Å². The lowest BCUT2D eigenvalue weighted by atomic mass is 10.1. The molecule has 0 aliphatic heterocycles. The lowest BCUT2D eigenvalue weighted by Crippen LogP contribution is -2.24. The number of nitrogen functional groups attached to an aromatic ring is 1. The monoisotopic (exact) mass is 285 g/mol. The second-order valence-electron chi connectivity index (χ2n) is 3.71. The van der Waals surface area contributed by atoms with Gasteiger partial charge in [-0.25, -0.2) is 8.78 Å². The number of carbonyl (C=O) groups excluding carboxylic acids is 1. The third kappa shape index (κ3) is 2.97. The van der Waals surface area contributed by atoms with E-state index in [0.29, 0.717) is 11.8 Å². The van der Waals surface area contributed by atoms with Crippen molar-refractivity contribution in [3.63, 3.8) is 0 Å². The number of amides is 1. The molecule has 0 saturated carbocycles. The quantitative estimate of drug-likeness (QED) is 0.741. The SMILES string of the molecule is Nc1cc(C(=O)NCc2csc(=O)[nH]2)c(F)cc1F. The summed E-state index contributed by atoms with van der Waals surface area (Å²) in [5.74, 6) is -2.66. The summed E-state index contributed by atoms with van der Waals surface area (Å²) in [4.78, 5) is 24.8. The number of aromatic amines is 1. The van der Waals surface area contributed by atoms with E-state index < -0.39 is 17.5 Å². The van der Waals surface area contributed by atoms with Crippen molar-refractivity contribution in [2.24, 2.45) is 0 Å². The maximum absolute atomic E-state index is 13.4. The van der Waals surface area contributed by atoms with E-state index in [0.717, 1.165) is 17.4 Å². The molecule has 0 spiro atoms. The molecule has 100 valence electrons. The van der Waals surface area contributed by atoms with E-state index in [1.807, 2.05) is 0 Å². The van der Waals surface area contributed by atoms with Crippen LogP contribution in [0, 0.1) is 11.6 Å². The molecule has 1 aromatic carbocycles. The predicted octanol–water partition coefficient (Wildman–Crippen LogP) is 1.23. The second-order valence-corrected chi connectivity index (χ2v) is 4.55. The van der Waals surface area contributed by atoms with Crippen molar-refractivity contribution in [2.75, 3.05) is 5.73 Å². The highest BCUT2D eigenvalue weighted by Gasteiger charge is 2.14. The van der Waals surface area contributed by atoms with Crippen molar-refractivity contribution >= 4 is 22.9 Å². The van der Waals surface area contributed by atoms with Crippen LogP contribution in [0.3, 0.4) is 0 Å². The summed E-state index contributed by atoms with van der Waals surface area (Å²) in [7, 11) is 0. The van der Waals surface area contributed by atoms with Gasteiger partial charge in [-0.2, -0.15) is 0 Å². The number of carbonyl (C=O) groups is 1. The van der Waals surface area contributed by atoms with Gasteiger partial charge in [0.05, 0.1) is 17.8 Å². The summed E-state index contributed by atoms with van der Waals surface area (Å²) in [6, 6.07) is 1.48. The van der Waals surface area contributed by atoms with Gasteiger partial charge < -0.3 is 16.0 Å². The Kier molecular flexibility index (Phi) is 3.61. The molecule has 0 unspecified atom stereocenters. The number of aromatic nitrogens is 1. The Morgan fingerprint density at radius 1 is 1.37 bits per heavy atom. The van der Waals surface area contributed by atoms with Crippen LogP contribution < -0.4 is 15.9 Å². The molecule has 0 atom stereocenters. The van der Waals surface area contributed by atoms with Crippen molar-refractivity contribution in [3.8, 4) is 0 Å². The van der Waals surface area contributed by atoms with E-state index in [1.165, 1.54) is 5.38 Å². The summed E-state index contributed by atoms with van der Waals surface area (Å²) >= 11 is 0.953. The molecule has 0 radical (unpaired) electrons. The van der Waals surface area contributed by atoms with Crippen molar-refractivity contribution in [3.05, 3.63) is 50.1 Å². The fourth-order valence-corrected chi connectivity index (χ4v) is 1.99. The molecule has 8 heteroatoms. The first-order valence-electron chi connectivity index (χ1n) is 5.17. The Hall–Kier alpha value is -2.22. The number of hydrogen-bond donors (Lipinski definition) is 3. The average Bonchev–Trinajstić information content (AvgIpc) is 2.77. The number of anilines is 1. The van der Waals surface area contributed by atoms with Gasteiger partial charge in [0.15, 0.2) is 0 Å². The van der Waals surface area contributed by atoms with Crippen LogP contribution in [0.4, 0.5) is 14.5 Å². The summed E-state index contributed by atoms with van der Waals surface area (Å²) in [5.41, 5.74) is 5.11. The predicted molar refractivity (Wildman–Crippen MR) is 66.9 cm³/mol. The molecule has 1 amide bonds. The van der Waals surface area contributed by atoms with Crippen molar-refractivity contribution < 1.29 is 13.6 Å². The van der Waals surface area contributed by atoms with E-state index >= 15 is 0 Å². The summed E-state index contributed by atoms with van der Waals surface area (Å²) in [6.07, 6.45) is 0. The van der Waals surface area contributed by atoms with Crippen molar-refractivity contribution in [2.45, 2.75) is 6.54 Å². The number of rotatable bonds is 3. The number of nitrogens with two attached hydrogens (primary N) is 1. The normalized spacial score (nSPS) is 10.4. The number of thiazole rings is 1. The minimum atomic E-state index is -0.997. The number of H-pyrrole nitrogens is 1. The van der Waals surface area contributed by atoms with Gasteiger partial charge in [0.25, 0.3) is 5.91 Å². The molecule has 0 bridgehead atoms. The van der Waals surface area contributed by atoms with Crippen LogP contribution in [0.1, 0.15) is 16.1 Å². The van der Waals surface area contributed by atoms with Gasteiger partial charge in [0, 0.05) is 17.1 Å². The van der Waals surface area contributed by atoms with E-state index in [2.05, 4.69) is 10.3 Å². The maximum Gasteiger partial charge on any atom is 0.304 e. The van der Waals surface area contributed by atoms with Crippen molar-refractivity contribution in [1.29, 1.82) is 0 Å². The smallest absolute Gasteiger partial charge is 0.304 e. The van der Waals surface area contributed by atoms with Crippen LogP contribution in [-0.2, 0) is 6.54 Å². The first-order chi connectivity index (χ1) is 8.97. The second kappa shape index (κ2) is 5.19. The van der Waals surface area contributed by atoms with Gasteiger partial charge in [0.2, 0.25) is 0 Å². The average molecular weight is 285 g/mol. The van der Waals surface area contributed by atoms with Crippen LogP contribution in [0.5, 0.6) is 0 Å². The fourth-order valence-electron chi connectivity index (χ4n) is 1.41. The number of hydrogen-bond acceptors (Lipinski definition) is 4. The molecule has 1 heterocycles. The van der Waals surface area contributed by atoms with E-state index in [9.17, 15) is 18.4 Å². The van der Waals surface area contributed by atoms with E-state index in [-0.39, 0.29) is 22.7 Å². The molecule has 0 aliphatic rings.